The Morgan fingerprint density at radius 3 is 2.50 bits per heavy atom. The molecular weight excluding hydrogens is 306 g/mol. The highest BCUT2D eigenvalue weighted by atomic mass is 16.5. The van der Waals surface area contributed by atoms with E-state index in [-0.39, 0.29) is 16.9 Å². The zero-order valence-electron chi connectivity index (χ0n) is 13.4. The van der Waals surface area contributed by atoms with E-state index in [0.29, 0.717) is 6.42 Å². The van der Waals surface area contributed by atoms with Crippen molar-refractivity contribution in [1.82, 2.24) is 4.57 Å². The van der Waals surface area contributed by atoms with Crippen molar-refractivity contribution < 1.29 is 14.3 Å². The number of pyridine rings is 1. The molecule has 1 atom stereocenters. The van der Waals surface area contributed by atoms with Crippen LogP contribution in [-0.2, 0) is 17.6 Å². The Kier molecular flexibility index (Phi) is 3.37. The summed E-state index contributed by atoms with van der Waals surface area (Å²) in [4.78, 5) is 37.7. The molecule has 5 heteroatoms. The first-order chi connectivity index (χ1) is 11.6. The Bertz CT molecular complexity index is 911. The first kappa shape index (κ1) is 14.9. The molecule has 5 nitrogen and oxygen atoms in total. The van der Waals surface area contributed by atoms with Gasteiger partial charge < -0.3 is 4.74 Å². The predicted molar refractivity (Wildman–Crippen MR) is 87.8 cm³/mol. The van der Waals surface area contributed by atoms with E-state index in [1.807, 2.05) is 30.3 Å². The van der Waals surface area contributed by atoms with Gasteiger partial charge in [-0.3, -0.25) is 19.0 Å². The number of carbonyl (C=O) groups excluding carboxylic acids is 2. The molecule has 0 saturated carbocycles. The van der Waals surface area contributed by atoms with E-state index in [2.05, 4.69) is 0 Å². The molecule has 1 aliphatic carbocycles. The van der Waals surface area contributed by atoms with Crippen molar-refractivity contribution in [1.29, 1.82) is 0 Å². The van der Waals surface area contributed by atoms with Crippen molar-refractivity contribution in [3.8, 4) is 11.4 Å². The summed E-state index contributed by atoms with van der Waals surface area (Å²) >= 11 is 0. The van der Waals surface area contributed by atoms with E-state index < -0.39 is 17.7 Å². The fraction of sp³-hybridized carbons (Fsp3) is 0.316. The van der Waals surface area contributed by atoms with Crippen molar-refractivity contribution in [3.63, 3.8) is 0 Å². The molecule has 0 saturated heterocycles. The first-order valence-corrected chi connectivity index (χ1v) is 8.21. The Morgan fingerprint density at radius 2 is 1.75 bits per heavy atom. The summed E-state index contributed by atoms with van der Waals surface area (Å²) in [5.41, 5.74) is 2.05. The van der Waals surface area contributed by atoms with Crippen LogP contribution in [0.5, 0.6) is 5.75 Å². The molecule has 1 unspecified atom stereocenters. The Balaban J connectivity index is 2.09. The molecule has 1 aromatic heterocycles. The summed E-state index contributed by atoms with van der Waals surface area (Å²) in [6, 6.07) is 9.31. The monoisotopic (exact) mass is 323 g/mol. The Morgan fingerprint density at radius 1 is 1.04 bits per heavy atom. The van der Waals surface area contributed by atoms with Crippen molar-refractivity contribution in [2.24, 2.45) is 5.92 Å². The second kappa shape index (κ2) is 5.44. The van der Waals surface area contributed by atoms with Gasteiger partial charge in [-0.25, -0.2) is 0 Å². The van der Waals surface area contributed by atoms with Crippen molar-refractivity contribution in [2.45, 2.75) is 32.6 Å². The quantitative estimate of drug-likeness (QED) is 0.597. The van der Waals surface area contributed by atoms with Gasteiger partial charge in [-0.2, -0.15) is 0 Å². The zero-order valence-corrected chi connectivity index (χ0v) is 13.4. The number of ketones is 1. The molecule has 1 aliphatic heterocycles. The van der Waals surface area contributed by atoms with Crippen LogP contribution in [0.4, 0.5) is 0 Å². The number of ether oxygens (including phenoxy) is 1. The van der Waals surface area contributed by atoms with Crippen LogP contribution < -0.4 is 10.3 Å². The number of aromatic nitrogens is 1. The molecule has 0 N–H and O–H groups in total. The molecule has 1 aromatic carbocycles. The number of benzene rings is 1. The van der Waals surface area contributed by atoms with Crippen LogP contribution in [0, 0.1) is 5.92 Å². The number of esters is 1. The highest BCUT2D eigenvalue weighted by molar-refractivity contribution is 6.13. The number of hydrogen-bond donors (Lipinski definition) is 0. The lowest BCUT2D eigenvalue weighted by Gasteiger charge is -2.28. The van der Waals surface area contributed by atoms with E-state index in [0.717, 1.165) is 36.2 Å². The van der Waals surface area contributed by atoms with Crippen molar-refractivity contribution in [3.05, 3.63) is 57.5 Å². The van der Waals surface area contributed by atoms with Crippen LogP contribution in [0.3, 0.4) is 0 Å². The van der Waals surface area contributed by atoms with E-state index in [4.69, 9.17) is 4.74 Å². The number of nitrogens with zero attached hydrogens (tertiary/aromatic N) is 1. The SMILES string of the molecule is CC1C(=O)Oc2c3c(n(-c4ccccc4)c(=O)c2C1=O)CCCC3. The average molecular weight is 323 g/mol. The fourth-order valence-corrected chi connectivity index (χ4v) is 3.56. The van der Waals surface area contributed by atoms with E-state index >= 15 is 0 Å². The second-order valence-corrected chi connectivity index (χ2v) is 6.32. The normalized spacial score (nSPS) is 19.5. The second-order valence-electron chi connectivity index (χ2n) is 6.32. The number of hydrogen-bond acceptors (Lipinski definition) is 4. The summed E-state index contributed by atoms with van der Waals surface area (Å²) in [7, 11) is 0. The molecule has 0 radical (unpaired) electrons. The smallest absolute Gasteiger partial charge is 0.322 e. The molecule has 2 heterocycles. The summed E-state index contributed by atoms with van der Waals surface area (Å²) in [6.45, 7) is 1.49. The van der Waals surface area contributed by atoms with Crippen molar-refractivity contribution in [2.75, 3.05) is 0 Å². The van der Waals surface area contributed by atoms with Gasteiger partial charge in [-0.1, -0.05) is 18.2 Å². The van der Waals surface area contributed by atoms with Gasteiger partial charge in [-0.05, 0) is 44.7 Å². The van der Waals surface area contributed by atoms with Crippen LogP contribution in [0.15, 0.2) is 35.1 Å². The van der Waals surface area contributed by atoms with Gasteiger partial charge in [-0.15, -0.1) is 0 Å². The number of Topliss-reactive ketones (excluding diaryl/α,β-unsaturated/α-hetero) is 1. The molecule has 0 bridgehead atoms. The average Bonchev–Trinajstić information content (AvgIpc) is 2.60. The molecule has 0 fully saturated rings. The number of carbonyl (C=O) groups is 2. The maximum Gasteiger partial charge on any atom is 0.322 e. The summed E-state index contributed by atoms with van der Waals surface area (Å²) in [6.07, 6.45) is 3.36. The molecule has 0 spiro atoms. The van der Waals surface area contributed by atoms with Gasteiger partial charge in [0.25, 0.3) is 5.56 Å². The molecule has 24 heavy (non-hydrogen) atoms. The minimum atomic E-state index is -0.934. The van der Waals surface area contributed by atoms with E-state index in [1.54, 1.807) is 4.57 Å². The molecular formula is C19H17NO4. The third kappa shape index (κ3) is 2.04. The lowest BCUT2D eigenvalue weighted by Crippen LogP contribution is -2.40. The number of para-hydroxylation sites is 1. The van der Waals surface area contributed by atoms with Gasteiger partial charge >= 0.3 is 5.97 Å². The van der Waals surface area contributed by atoms with Crippen LogP contribution in [-0.4, -0.2) is 16.3 Å². The maximum absolute atomic E-state index is 13.1. The largest absolute Gasteiger partial charge is 0.425 e. The van der Waals surface area contributed by atoms with E-state index in [9.17, 15) is 14.4 Å². The van der Waals surface area contributed by atoms with Gasteiger partial charge in [0, 0.05) is 16.9 Å². The predicted octanol–water partition coefficient (Wildman–Crippen LogP) is 2.45. The Labute approximate surface area is 138 Å². The van der Waals surface area contributed by atoms with E-state index in [1.165, 1.54) is 6.92 Å². The highest BCUT2D eigenvalue weighted by Crippen LogP contribution is 2.36. The van der Waals surface area contributed by atoms with Crippen LogP contribution >= 0.6 is 0 Å². The number of rotatable bonds is 1. The first-order valence-electron chi connectivity index (χ1n) is 8.21. The molecule has 122 valence electrons. The zero-order chi connectivity index (χ0) is 16.8. The third-order valence-corrected chi connectivity index (χ3v) is 4.84. The van der Waals surface area contributed by atoms with Crippen LogP contribution in [0.1, 0.15) is 41.4 Å². The summed E-state index contributed by atoms with van der Waals surface area (Å²) < 4.78 is 7.03. The molecule has 4 rings (SSSR count). The number of fused-ring (bicyclic) bond motifs is 3. The minimum absolute atomic E-state index is 0.0200. The van der Waals surface area contributed by atoms with Gasteiger partial charge in [0.1, 0.15) is 11.5 Å². The molecule has 2 aromatic rings. The molecule has 2 aliphatic rings. The minimum Gasteiger partial charge on any atom is -0.425 e. The van der Waals surface area contributed by atoms with Gasteiger partial charge in [0.2, 0.25) is 0 Å². The van der Waals surface area contributed by atoms with Gasteiger partial charge in [0.15, 0.2) is 11.5 Å². The lowest BCUT2D eigenvalue weighted by molar-refractivity contribution is -0.137. The Hall–Kier alpha value is -2.69. The maximum atomic E-state index is 13.1. The summed E-state index contributed by atoms with van der Waals surface area (Å²) in [5, 5.41) is 0. The third-order valence-electron chi connectivity index (χ3n) is 4.84. The van der Waals surface area contributed by atoms with Crippen LogP contribution in [0.25, 0.3) is 5.69 Å². The summed E-state index contributed by atoms with van der Waals surface area (Å²) in [5.74, 6) is -1.74. The fourth-order valence-electron chi connectivity index (χ4n) is 3.56. The molecule has 0 amide bonds. The lowest BCUT2D eigenvalue weighted by atomic mass is 9.88. The standard InChI is InChI=1S/C19H17NO4/c1-11-16(21)15-17(24-19(11)23)13-9-5-6-10-14(13)20(18(15)22)12-7-3-2-4-8-12/h2-4,7-8,11H,5-6,9-10H2,1H3. The van der Waals surface area contributed by atoms with Crippen LogP contribution in [0.2, 0.25) is 0 Å². The van der Waals surface area contributed by atoms with Crippen molar-refractivity contribution >= 4 is 11.8 Å². The highest BCUT2D eigenvalue weighted by Gasteiger charge is 2.39. The topological polar surface area (TPSA) is 65.4 Å². The van der Waals surface area contributed by atoms with Gasteiger partial charge in [0.05, 0.1) is 0 Å².